The van der Waals surface area contributed by atoms with Crippen LogP contribution in [0.15, 0.2) is 27.4 Å². The molecule has 1 aromatic carbocycles. The van der Waals surface area contributed by atoms with Gasteiger partial charge in [0, 0.05) is 11.5 Å². The molecular weight excluding hydrogens is 332 g/mol. The summed E-state index contributed by atoms with van der Waals surface area (Å²) in [6.45, 7) is 9.64. The molecule has 1 saturated heterocycles. The number of carbonyl (C=O) groups excluding carboxylic acids is 2. The second-order valence-electron chi connectivity index (χ2n) is 7.73. The average Bonchev–Trinajstić information content (AvgIpc) is 2.73. The minimum Gasteiger partial charge on any atom is -0.422 e. The van der Waals surface area contributed by atoms with Crippen molar-refractivity contribution >= 4 is 22.9 Å². The van der Waals surface area contributed by atoms with E-state index in [0.29, 0.717) is 17.6 Å². The highest BCUT2D eigenvalue weighted by molar-refractivity contribution is 6.07. The van der Waals surface area contributed by atoms with Gasteiger partial charge in [-0.05, 0) is 49.8 Å². The Balaban J connectivity index is 2.02. The molecule has 3 rings (SSSR count). The second-order valence-corrected chi connectivity index (χ2v) is 7.73. The number of hydrogen-bond donors (Lipinski definition) is 1. The van der Waals surface area contributed by atoms with E-state index < -0.39 is 17.2 Å². The van der Waals surface area contributed by atoms with Gasteiger partial charge in [-0.2, -0.15) is 0 Å². The van der Waals surface area contributed by atoms with E-state index in [2.05, 4.69) is 5.32 Å². The highest BCUT2D eigenvalue weighted by atomic mass is 16.4. The number of nitrogens with one attached hydrogen (secondary N) is 1. The first-order chi connectivity index (χ1) is 12.1. The van der Waals surface area contributed by atoms with Gasteiger partial charge >= 0.3 is 11.7 Å². The van der Waals surface area contributed by atoms with E-state index in [4.69, 9.17) is 4.42 Å². The fourth-order valence-electron chi connectivity index (χ4n) is 3.67. The van der Waals surface area contributed by atoms with E-state index in [9.17, 15) is 14.4 Å². The van der Waals surface area contributed by atoms with Crippen LogP contribution in [0.4, 0.5) is 4.79 Å². The van der Waals surface area contributed by atoms with Crippen LogP contribution in [0.2, 0.25) is 0 Å². The van der Waals surface area contributed by atoms with Crippen LogP contribution in [-0.2, 0) is 11.3 Å². The minimum atomic E-state index is -0.910. The Labute approximate surface area is 152 Å². The summed E-state index contributed by atoms with van der Waals surface area (Å²) in [5, 5.41) is 3.54. The summed E-state index contributed by atoms with van der Waals surface area (Å²) in [5.41, 5.74) is 1.60. The van der Waals surface area contributed by atoms with Crippen LogP contribution in [-0.4, -0.2) is 22.4 Å². The van der Waals surface area contributed by atoms with Crippen molar-refractivity contribution in [3.63, 3.8) is 0 Å². The molecule has 0 radical (unpaired) electrons. The summed E-state index contributed by atoms with van der Waals surface area (Å²) < 4.78 is 5.37. The van der Waals surface area contributed by atoms with Gasteiger partial charge in [-0.15, -0.1) is 0 Å². The lowest BCUT2D eigenvalue weighted by Gasteiger charge is -2.23. The third-order valence-electron chi connectivity index (χ3n) is 5.01. The van der Waals surface area contributed by atoms with Crippen molar-refractivity contribution in [2.75, 3.05) is 0 Å². The van der Waals surface area contributed by atoms with Crippen molar-refractivity contribution in [1.29, 1.82) is 0 Å². The minimum absolute atomic E-state index is 0.0446. The van der Waals surface area contributed by atoms with Crippen LogP contribution in [0.1, 0.15) is 43.9 Å². The molecular formula is C20H24N2O4. The lowest BCUT2D eigenvalue weighted by molar-refractivity contribution is -0.131. The molecule has 1 N–H and O–H groups in total. The van der Waals surface area contributed by atoms with E-state index in [1.54, 1.807) is 6.92 Å². The Morgan fingerprint density at radius 3 is 2.54 bits per heavy atom. The first-order valence-corrected chi connectivity index (χ1v) is 8.79. The van der Waals surface area contributed by atoms with Crippen molar-refractivity contribution in [2.45, 2.75) is 53.1 Å². The molecule has 1 atom stereocenters. The van der Waals surface area contributed by atoms with E-state index in [0.717, 1.165) is 16.5 Å². The molecule has 1 aromatic heterocycles. The Hall–Kier alpha value is -2.63. The van der Waals surface area contributed by atoms with E-state index in [1.807, 2.05) is 39.8 Å². The van der Waals surface area contributed by atoms with Crippen molar-refractivity contribution in [1.82, 2.24) is 10.2 Å². The Morgan fingerprint density at radius 2 is 1.88 bits per heavy atom. The molecule has 1 fully saturated rings. The standard InChI is InChI=1S/C20H24N2O4/c1-11(2)9-20(5)18(24)22(19(25)21-20)10-14-8-16(23)26-17-13(4)12(3)6-7-15(14)17/h6-8,11H,9-10H2,1-5H3,(H,21,25). The predicted molar refractivity (Wildman–Crippen MR) is 98.9 cm³/mol. The van der Waals surface area contributed by atoms with Crippen molar-refractivity contribution in [3.05, 3.63) is 45.3 Å². The van der Waals surface area contributed by atoms with Gasteiger partial charge in [0.15, 0.2) is 0 Å². The zero-order valence-corrected chi connectivity index (χ0v) is 15.8. The molecule has 0 spiro atoms. The lowest BCUT2D eigenvalue weighted by atomic mass is 9.91. The van der Waals surface area contributed by atoms with E-state index >= 15 is 0 Å². The Bertz CT molecular complexity index is 960. The number of amides is 3. The molecule has 6 heteroatoms. The molecule has 1 aliphatic rings. The van der Waals surface area contributed by atoms with Gasteiger partial charge in [0.25, 0.3) is 5.91 Å². The molecule has 0 aliphatic carbocycles. The first kappa shape index (κ1) is 18.2. The molecule has 2 heterocycles. The topological polar surface area (TPSA) is 79.6 Å². The van der Waals surface area contributed by atoms with Gasteiger partial charge in [0.05, 0.1) is 6.54 Å². The maximum Gasteiger partial charge on any atom is 0.336 e. The third-order valence-corrected chi connectivity index (χ3v) is 5.01. The van der Waals surface area contributed by atoms with Gasteiger partial charge in [-0.3, -0.25) is 9.69 Å². The Morgan fingerprint density at radius 1 is 1.19 bits per heavy atom. The number of urea groups is 1. The van der Waals surface area contributed by atoms with Gasteiger partial charge in [0.1, 0.15) is 11.1 Å². The molecule has 138 valence electrons. The maximum atomic E-state index is 12.9. The number of nitrogens with zero attached hydrogens (tertiary/aromatic N) is 1. The number of carbonyl (C=O) groups is 2. The fourth-order valence-corrected chi connectivity index (χ4v) is 3.67. The van der Waals surface area contributed by atoms with Crippen LogP contribution >= 0.6 is 0 Å². The molecule has 1 aliphatic heterocycles. The quantitative estimate of drug-likeness (QED) is 0.673. The summed E-state index contributed by atoms with van der Waals surface area (Å²) in [5.74, 6) is 0.000786. The van der Waals surface area contributed by atoms with Crippen molar-refractivity contribution < 1.29 is 14.0 Å². The molecule has 2 aromatic rings. The molecule has 0 bridgehead atoms. The molecule has 6 nitrogen and oxygen atoms in total. The van der Waals surface area contributed by atoms with Gasteiger partial charge in [0.2, 0.25) is 0 Å². The smallest absolute Gasteiger partial charge is 0.336 e. The summed E-state index contributed by atoms with van der Waals surface area (Å²) in [7, 11) is 0. The largest absolute Gasteiger partial charge is 0.422 e. The molecule has 1 unspecified atom stereocenters. The monoisotopic (exact) mass is 356 g/mol. The predicted octanol–water partition coefficient (Wildman–Crippen LogP) is 3.27. The second kappa shape index (κ2) is 6.27. The van der Waals surface area contributed by atoms with Gasteiger partial charge < -0.3 is 9.73 Å². The maximum absolute atomic E-state index is 12.9. The van der Waals surface area contributed by atoms with E-state index in [1.165, 1.54) is 11.0 Å². The number of aryl methyl sites for hydroxylation is 2. The van der Waals surface area contributed by atoms with Crippen LogP contribution in [0.3, 0.4) is 0 Å². The van der Waals surface area contributed by atoms with Gasteiger partial charge in [-0.25, -0.2) is 9.59 Å². The fraction of sp³-hybridized carbons (Fsp3) is 0.450. The normalized spacial score (nSPS) is 20.3. The van der Waals surface area contributed by atoms with E-state index in [-0.39, 0.29) is 18.4 Å². The SMILES string of the molecule is Cc1ccc2c(CN3C(=O)NC(C)(CC(C)C)C3=O)cc(=O)oc2c1C. The number of hydrogen-bond acceptors (Lipinski definition) is 4. The molecule has 0 saturated carbocycles. The highest BCUT2D eigenvalue weighted by Gasteiger charge is 2.47. The van der Waals surface area contributed by atoms with Crippen LogP contribution < -0.4 is 10.9 Å². The molecule has 3 amide bonds. The highest BCUT2D eigenvalue weighted by Crippen LogP contribution is 2.29. The van der Waals surface area contributed by atoms with Crippen LogP contribution in [0.25, 0.3) is 11.0 Å². The van der Waals surface area contributed by atoms with Crippen molar-refractivity contribution in [3.8, 4) is 0 Å². The summed E-state index contributed by atoms with van der Waals surface area (Å²) in [6, 6.07) is 4.73. The summed E-state index contributed by atoms with van der Waals surface area (Å²) >= 11 is 0. The zero-order valence-electron chi connectivity index (χ0n) is 15.8. The van der Waals surface area contributed by atoms with Crippen LogP contribution in [0, 0.1) is 19.8 Å². The third kappa shape index (κ3) is 3.00. The first-order valence-electron chi connectivity index (χ1n) is 8.79. The van der Waals surface area contributed by atoms with Gasteiger partial charge in [-0.1, -0.05) is 26.0 Å². The number of imide groups is 1. The average molecular weight is 356 g/mol. The Kier molecular flexibility index (Phi) is 4.38. The zero-order chi connectivity index (χ0) is 19.2. The van der Waals surface area contributed by atoms with Crippen LogP contribution in [0.5, 0.6) is 0 Å². The number of benzene rings is 1. The summed E-state index contributed by atoms with van der Waals surface area (Å²) in [4.78, 5) is 38.5. The lowest BCUT2D eigenvalue weighted by Crippen LogP contribution is -2.44. The summed E-state index contributed by atoms with van der Waals surface area (Å²) in [6.07, 6.45) is 0.560. The molecule has 26 heavy (non-hydrogen) atoms. The number of fused-ring (bicyclic) bond motifs is 1. The van der Waals surface area contributed by atoms with Crippen molar-refractivity contribution in [2.24, 2.45) is 5.92 Å². The number of rotatable bonds is 4.